The molecular formula is C18H19IN2O5. The standard InChI is InChI=1S/C18H19IN2O5/c1-2-3-4-10-5-6-12(19)11-9-20(17(24)15(10)11)13-7-8-14(22)21(16(13)23)18(25)26/h5-6,13H,2-4,7-9H2,1H3,(H,25,26). The zero-order valence-corrected chi connectivity index (χ0v) is 16.5. The summed E-state index contributed by atoms with van der Waals surface area (Å²) in [5.41, 5.74) is 2.48. The Labute approximate surface area is 164 Å². The van der Waals surface area contributed by atoms with Crippen molar-refractivity contribution in [3.8, 4) is 0 Å². The number of unbranched alkanes of at least 4 members (excludes halogenated alkanes) is 1. The van der Waals surface area contributed by atoms with Gasteiger partial charge < -0.3 is 10.0 Å². The second-order valence-corrected chi connectivity index (χ2v) is 7.66. The van der Waals surface area contributed by atoms with Crippen molar-refractivity contribution in [1.82, 2.24) is 9.80 Å². The Hall–Kier alpha value is -1.97. The van der Waals surface area contributed by atoms with Gasteiger partial charge >= 0.3 is 6.09 Å². The first-order valence-electron chi connectivity index (χ1n) is 8.57. The molecule has 3 rings (SSSR count). The molecule has 26 heavy (non-hydrogen) atoms. The molecule has 1 atom stereocenters. The van der Waals surface area contributed by atoms with Crippen molar-refractivity contribution in [3.05, 3.63) is 32.4 Å². The smallest absolute Gasteiger partial charge is 0.421 e. The minimum atomic E-state index is -1.59. The quantitative estimate of drug-likeness (QED) is 0.540. The van der Waals surface area contributed by atoms with Crippen molar-refractivity contribution in [1.29, 1.82) is 0 Å². The molecule has 1 unspecified atom stereocenters. The Bertz CT molecular complexity index is 807. The number of carbonyl (C=O) groups excluding carboxylic acids is 3. The van der Waals surface area contributed by atoms with Crippen molar-refractivity contribution >= 4 is 46.4 Å². The summed E-state index contributed by atoms with van der Waals surface area (Å²) in [7, 11) is 0. The largest absolute Gasteiger partial charge is 0.464 e. The van der Waals surface area contributed by atoms with Gasteiger partial charge in [-0.15, -0.1) is 0 Å². The summed E-state index contributed by atoms with van der Waals surface area (Å²) in [5, 5.41) is 9.14. The number of rotatable bonds is 4. The van der Waals surface area contributed by atoms with E-state index in [0.717, 1.165) is 34.0 Å². The van der Waals surface area contributed by atoms with Crippen LogP contribution in [-0.4, -0.2) is 44.8 Å². The van der Waals surface area contributed by atoms with Crippen LogP contribution >= 0.6 is 22.6 Å². The van der Waals surface area contributed by atoms with Crippen LogP contribution < -0.4 is 0 Å². The molecule has 1 fully saturated rings. The summed E-state index contributed by atoms with van der Waals surface area (Å²) in [4.78, 5) is 50.2. The highest BCUT2D eigenvalue weighted by Gasteiger charge is 2.45. The molecular weight excluding hydrogens is 451 g/mol. The van der Waals surface area contributed by atoms with E-state index in [2.05, 4.69) is 29.5 Å². The van der Waals surface area contributed by atoms with Gasteiger partial charge in [-0.2, -0.15) is 4.90 Å². The number of amides is 4. The Morgan fingerprint density at radius 1 is 1.31 bits per heavy atom. The van der Waals surface area contributed by atoms with Crippen LogP contribution in [0.25, 0.3) is 0 Å². The summed E-state index contributed by atoms with van der Waals surface area (Å²) in [6.45, 7) is 2.35. The van der Waals surface area contributed by atoms with Gasteiger partial charge in [-0.3, -0.25) is 14.4 Å². The van der Waals surface area contributed by atoms with Crippen molar-refractivity contribution in [2.24, 2.45) is 0 Å². The molecule has 4 amide bonds. The number of nitrogens with zero attached hydrogens (tertiary/aromatic N) is 2. The van der Waals surface area contributed by atoms with Crippen molar-refractivity contribution < 1.29 is 24.3 Å². The van der Waals surface area contributed by atoms with E-state index in [4.69, 9.17) is 5.11 Å². The normalized spacial score (nSPS) is 19.9. The Kier molecular flexibility index (Phi) is 5.31. The van der Waals surface area contributed by atoms with Crippen LogP contribution in [0.1, 0.15) is 54.1 Å². The SMILES string of the molecule is CCCCc1ccc(I)c2c1C(=O)N(C1CCC(=O)N(C(=O)O)C1=O)C2. The van der Waals surface area contributed by atoms with Crippen LogP contribution in [0.15, 0.2) is 12.1 Å². The molecule has 0 spiro atoms. The van der Waals surface area contributed by atoms with E-state index in [0.29, 0.717) is 5.56 Å². The number of hydrogen-bond donors (Lipinski definition) is 1. The lowest BCUT2D eigenvalue weighted by Crippen LogP contribution is -2.56. The second kappa shape index (κ2) is 7.34. The van der Waals surface area contributed by atoms with Crippen molar-refractivity contribution in [2.75, 3.05) is 0 Å². The average molecular weight is 470 g/mol. The topological polar surface area (TPSA) is 95.0 Å². The number of fused-ring (bicyclic) bond motifs is 1. The van der Waals surface area contributed by atoms with E-state index < -0.39 is 23.9 Å². The van der Waals surface area contributed by atoms with Crippen LogP contribution in [0.4, 0.5) is 4.79 Å². The molecule has 2 aliphatic rings. The number of likely N-dealkylation sites (tertiary alicyclic amines) is 1. The summed E-state index contributed by atoms with van der Waals surface area (Å²) in [6, 6.07) is 3.00. The molecule has 0 aliphatic carbocycles. The molecule has 0 bridgehead atoms. The molecule has 1 aromatic rings. The van der Waals surface area contributed by atoms with Crippen molar-refractivity contribution in [3.63, 3.8) is 0 Å². The van der Waals surface area contributed by atoms with Gasteiger partial charge in [0.15, 0.2) is 0 Å². The lowest BCUT2D eigenvalue weighted by molar-refractivity contribution is -0.149. The van der Waals surface area contributed by atoms with Gasteiger partial charge in [0.2, 0.25) is 5.91 Å². The predicted molar refractivity (Wildman–Crippen MR) is 101 cm³/mol. The third-order valence-electron chi connectivity index (χ3n) is 4.90. The Morgan fingerprint density at radius 2 is 2.04 bits per heavy atom. The first kappa shape index (κ1) is 18.8. The molecule has 0 saturated carbocycles. The molecule has 7 nitrogen and oxygen atoms in total. The molecule has 138 valence electrons. The third-order valence-corrected chi connectivity index (χ3v) is 5.91. The fourth-order valence-corrected chi connectivity index (χ4v) is 4.18. The zero-order valence-electron chi connectivity index (χ0n) is 14.3. The van der Waals surface area contributed by atoms with Crippen molar-refractivity contribution in [2.45, 2.75) is 51.6 Å². The third kappa shape index (κ3) is 3.10. The first-order valence-corrected chi connectivity index (χ1v) is 9.65. The van der Waals surface area contributed by atoms with E-state index in [9.17, 15) is 19.2 Å². The lowest BCUT2D eigenvalue weighted by Gasteiger charge is -2.33. The van der Waals surface area contributed by atoms with Gasteiger partial charge in [-0.05, 0) is 59.0 Å². The fraction of sp³-hybridized carbons (Fsp3) is 0.444. The van der Waals surface area contributed by atoms with Crippen LogP contribution in [-0.2, 0) is 22.6 Å². The van der Waals surface area contributed by atoms with Gasteiger partial charge in [0.25, 0.3) is 11.8 Å². The van der Waals surface area contributed by atoms with Gasteiger partial charge in [-0.25, -0.2) is 4.79 Å². The molecule has 1 aromatic carbocycles. The number of imide groups is 3. The van der Waals surface area contributed by atoms with Crippen LogP contribution in [0, 0.1) is 3.57 Å². The monoisotopic (exact) mass is 470 g/mol. The molecule has 2 aliphatic heterocycles. The molecule has 1 saturated heterocycles. The number of carbonyl (C=O) groups is 4. The molecule has 1 N–H and O–H groups in total. The molecule has 0 radical (unpaired) electrons. The molecule has 8 heteroatoms. The first-order chi connectivity index (χ1) is 12.4. The summed E-state index contributed by atoms with van der Waals surface area (Å²) >= 11 is 2.17. The van der Waals surface area contributed by atoms with Gasteiger partial charge in [0, 0.05) is 22.1 Å². The fourth-order valence-electron chi connectivity index (χ4n) is 3.56. The summed E-state index contributed by atoms with van der Waals surface area (Å²) < 4.78 is 0.947. The average Bonchev–Trinajstić information content (AvgIpc) is 2.93. The predicted octanol–water partition coefficient (Wildman–Crippen LogP) is 2.79. The van der Waals surface area contributed by atoms with Crippen LogP contribution in [0.3, 0.4) is 0 Å². The van der Waals surface area contributed by atoms with E-state index >= 15 is 0 Å². The van der Waals surface area contributed by atoms with Gasteiger partial charge in [-0.1, -0.05) is 19.4 Å². The number of benzene rings is 1. The Morgan fingerprint density at radius 3 is 2.69 bits per heavy atom. The number of aryl methyl sites for hydroxylation is 1. The minimum absolute atomic E-state index is 0.0668. The highest BCUT2D eigenvalue weighted by molar-refractivity contribution is 14.1. The highest BCUT2D eigenvalue weighted by Crippen LogP contribution is 2.34. The maximum atomic E-state index is 13.1. The van der Waals surface area contributed by atoms with E-state index in [1.54, 1.807) is 0 Å². The van der Waals surface area contributed by atoms with Gasteiger partial charge in [0.05, 0.1) is 0 Å². The highest BCUT2D eigenvalue weighted by atomic mass is 127. The maximum absolute atomic E-state index is 13.1. The summed E-state index contributed by atoms with van der Waals surface area (Å²) in [6.07, 6.45) is 1.25. The maximum Gasteiger partial charge on any atom is 0.421 e. The van der Waals surface area contributed by atoms with E-state index in [-0.39, 0.29) is 30.2 Å². The van der Waals surface area contributed by atoms with E-state index in [1.807, 2.05) is 12.1 Å². The number of hydrogen-bond acceptors (Lipinski definition) is 4. The number of piperidine rings is 1. The minimum Gasteiger partial charge on any atom is -0.464 e. The number of carboxylic acid groups (broad SMARTS) is 1. The molecule has 2 heterocycles. The zero-order chi connectivity index (χ0) is 19.0. The lowest BCUT2D eigenvalue weighted by atomic mass is 9.98. The summed E-state index contributed by atoms with van der Waals surface area (Å²) in [5.74, 6) is -1.82. The van der Waals surface area contributed by atoms with E-state index in [1.165, 1.54) is 4.90 Å². The van der Waals surface area contributed by atoms with Gasteiger partial charge in [0.1, 0.15) is 6.04 Å². The van der Waals surface area contributed by atoms with Crippen LogP contribution in [0.2, 0.25) is 0 Å². The molecule has 0 aromatic heterocycles. The van der Waals surface area contributed by atoms with Crippen LogP contribution in [0.5, 0.6) is 0 Å². The Balaban J connectivity index is 1.93. The second-order valence-electron chi connectivity index (χ2n) is 6.50. The number of halogens is 1.